The Kier molecular flexibility index (Phi) is 3.72. The summed E-state index contributed by atoms with van der Waals surface area (Å²) < 4.78 is 0. The molecule has 0 aromatic heterocycles. The van der Waals surface area contributed by atoms with Crippen LogP contribution in [0.25, 0.3) is 21.5 Å². The molecule has 5 heteroatoms. The number of benzene rings is 3. The maximum Gasteiger partial charge on any atom is 0.308 e. The predicted octanol–water partition coefficient (Wildman–Crippen LogP) is 4.23. The van der Waals surface area contributed by atoms with Crippen LogP contribution >= 0.6 is 0 Å². The summed E-state index contributed by atoms with van der Waals surface area (Å²) in [6.07, 6.45) is 2.69. The molecule has 1 saturated carbocycles. The maximum absolute atomic E-state index is 13.1. The Balaban J connectivity index is 1.62. The molecule has 3 aromatic rings. The van der Waals surface area contributed by atoms with E-state index in [9.17, 15) is 19.5 Å². The molecule has 1 fully saturated rings. The summed E-state index contributed by atoms with van der Waals surface area (Å²) in [6.45, 7) is 0. The Labute approximate surface area is 161 Å². The molecule has 0 saturated heterocycles. The van der Waals surface area contributed by atoms with E-state index in [1.807, 2.05) is 36.4 Å². The number of carbonyl (C=O) groups excluding carboxylic acids is 2. The molecule has 1 aliphatic carbocycles. The van der Waals surface area contributed by atoms with Crippen molar-refractivity contribution in [3.8, 4) is 0 Å². The normalized spacial score (nSPS) is 22.1. The Morgan fingerprint density at radius 3 is 1.89 bits per heavy atom. The molecule has 1 aliphatic heterocycles. The van der Waals surface area contributed by atoms with Gasteiger partial charge in [0.05, 0.1) is 23.1 Å². The monoisotopic (exact) mass is 373 g/mol. The lowest BCUT2D eigenvalue weighted by Gasteiger charge is -2.34. The van der Waals surface area contributed by atoms with Crippen molar-refractivity contribution in [3.05, 3.63) is 59.7 Å². The standard InChI is InChI=1S/C23H19NO4/c25-21-18-11-15-9-13-5-1-2-6-14(13)10-16(15)12-19(18)22(26)24(21)20-8-4-3-7-17(20)23(27)28/h1-2,5-6,9-12,17,20H,3-4,7-8H2,(H,27,28)/t17-,20-/m1/s1. The van der Waals surface area contributed by atoms with Crippen molar-refractivity contribution < 1.29 is 19.5 Å². The quantitative estimate of drug-likeness (QED) is 0.539. The number of nitrogens with zero attached hydrogens (tertiary/aromatic N) is 1. The molecular weight excluding hydrogens is 354 g/mol. The van der Waals surface area contributed by atoms with E-state index in [0.29, 0.717) is 24.0 Å². The minimum atomic E-state index is -0.933. The van der Waals surface area contributed by atoms with Crippen LogP contribution in [0.4, 0.5) is 0 Å². The third kappa shape index (κ3) is 2.43. The number of rotatable bonds is 2. The number of carboxylic acid groups (broad SMARTS) is 1. The molecule has 2 atom stereocenters. The van der Waals surface area contributed by atoms with Gasteiger partial charge in [-0.25, -0.2) is 0 Å². The van der Waals surface area contributed by atoms with Crippen LogP contribution in [0.2, 0.25) is 0 Å². The first-order valence-electron chi connectivity index (χ1n) is 9.62. The number of carboxylic acids is 1. The average Bonchev–Trinajstić information content (AvgIpc) is 2.94. The maximum atomic E-state index is 13.1. The topological polar surface area (TPSA) is 74.7 Å². The van der Waals surface area contributed by atoms with Crippen LogP contribution in [0.5, 0.6) is 0 Å². The highest BCUT2D eigenvalue weighted by molar-refractivity contribution is 6.23. The van der Waals surface area contributed by atoms with E-state index in [1.165, 1.54) is 4.90 Å². The second-order valence-corrected chi connectivity index (χ2v) is 7.72. The zero-order valence-electron chi connectivity index (χ0n) is 15.2. The Morgan fingerprint density at radius 1 is 0.821 bits per heavy atom. The first-order valence-corrected chi connectivity index (χ1v) is 9.62. The lowest BCUT2D eigenvalue weighted by Crippen LogP contribution is -2.48. The van der Waals surface area contributed by atoms with Gasteiger partial charge in [0.1, 0.15) is 0 Å². The number of hydrogen-bond donors (Lipinski definition) is 1. The third-order valence-electron chi connectivity index (χ3n) is 6.12. The fourth-order valence-corrected chi connectivity index (χ4v) is 4.71. The van der Waals surface area contributed by atoms with E-state index >= 15 is 0 Å². The van der Waals surface area contributed by atoms with E-state index in [2.05, 4.69) is 0 Å². The van der Waals surface area contributed by atoms with Crippen LogP contribution in [0.1, 0.15) is 46.4 Å². The number of fused-ring (bicyclic) bond motifs is 3. The van der Waals surface area contributed by atoms with Crippen LogP contribution in [0, 0.1) is 5.92 Å². The lowest BCUT2D eigenvalue weighted by molar-refractivity contribution is -0.144. The van der Waals surface area contributed by atoms with Gasteiger partial charge in [0.2, 0.25) is 0 Å². The van der Waals surface area contributed by atoms with Crippen LogP contribution < -0.4 is 0 Å². The molecule has 1 N–H and O–H groups in total. The van der Waals surface area contributed by atoms with Gasteiger partial charge in [0.15, 0.2) is 0 Å². The molecule has 5 nitrogen and oxygen atoms in total. The van der Waals surface area contributed by atoms with Crippen molar-refractivity contribution in [3.63, 3.8) is 0 Å². The van der Waals surface area contributed by atoms with Gasteiger partial charge in [0, 0.05) is 0 Å². The van der Waals surface area contributed by atoms with Crippen LogP contribution in [0.15, 0.2) is 48.5 Å². The fraction of sp³-hybridized carbons (Fsp3) is 0.261. The van der Waals surface area contributed by atoms with Gasteiger partial charge < -0.3 is 5.11 Å². The lowest BCUT2D eigenvalue weighted by atomic mass is 9.83. The SMILES string of the molecule is O=C(O)[C@@H]1CCCC[C@H]1N1C(=O)c2cc3cc4ccccc4cc3cc2C1=O. The molecule has 0 unspecified atom stereocenters. The molecule has 2 aliphatic rings. The minimum Gasteiger partial charge on any atom is -0.481 e. The van der Waals surface area contributed by atoms with E-state index in [4.69, 9.17) is 0 Å². The average molecular weight is 373 g/mol. The van der Waals surface area contributed by atoms with Gasteiger partial charge >= 0.3 is 5.97 Å². The van der Waals surface area contributed by atoms with Gasteiger partial charge in [0.25, 0.3) is 11.8 Å². The van der Waals surface area contributed by atoms with Crippen LogP contribution in [-0.2, 0) is 4.79 Å². The van der Waals surface area contributed by atoms with Crippen LogP contribution in [-0.4, -0.2) is 33.8 Å². The van der Waals surface area contributed by atoms with Crippen molar-refractivity contribution in [2.75, 3.05) is 0 Å². The molecule has 2 amide bonds. The van der Waals surface area contributed by atoms with Gasteiger partial charge in [-0.3, -0.25) is 19.3 Å². The summed E-state index contributed by atoms with van der Waals surface area (Å²) in [5.74, 6) is -2.35. The van der Waals surface area contributed by atoms with Crippen molar-refractivity contribution in [2.45, 2.75) is 31.7 Å². The molecule has 28 heavy (non-hydrogen) atoms. The summed E-state index contributed by atoms with van der Waals surface area (Å²) in [4.78, 5) is 39.1. The summed E-state index contributed by atoms with van der Waals surface area (Å²) in [6, 6.07) is 15.0. The summed E-state index contributed by atoms with van der Waals surface area (Å²) in [5.41, 5.74) is 0.755. The summed E-state index contributed by atoms with van der Waals surface area (Å²) in [5, 5.41) is 13.5. The zero-order valence-corrected chi connectivity index (χ0v) is 15.2. The van der Waals surface area contributed by atoms with E-state index in [0.717, 1.165) is 34.4 Å². The van der Waals surface area contributed by atoms with Gasteiger partial charge in [-0.1, -0.05) is 37.1 Å². The molecule has 5 rings (SSSR count). The number of hydrogen-bond acceptors (Lipinski definition) is 3. The highest BCUT2D eigenvalue weighted by atomic mass is 16.4. The smallest absolute Gasteiger partial charge is 0.308 e. The van der Waals surface area contributed by atoms with Gasteiger partial charge in [-0.15, -0.1) is 0 Å². The number of amides is 2. The molecule has 3 aromatic carbocycles. The molecular formula is C23H19NO4. The molecule has 140 valence electrons. The summed E-state index contributed by atoms with van der Waals surface area (Å²) >= 11 is 0. The third-order valence-corrected chi connectivity index (χ3v) is 6.12. The van der Waals surface area contributed by atoms with Crippen molar-refractivity contribution >= 4 is 39.3 Å². The van der Waals surface area contributed by atoms with Crippen molar-refractivity contribution in [1.82, 2.24) is 4.90 Å². The molecule has 0 radical (unpaired) electrons. The first-order chi connectivity index (χ1) is 13.5. The first kappa shape index (κ1) is 16.9. The Bertz CT molecular complexity index is 1090. The van der Waals surface area contributed by atoms with Crippen LogP contribution in [0.3, 0.4) is 0 Å². The highest BCUT2D eigenvalue weighted by Gasteiger charge is 2.45. The van der Waals surface area contributed by atoms with Crippen molar-refractivity contribution in [2.24, 2.45) is 5.92 Å². The number of imide groups is 1. The second-order valence-electron chi connectivity index (χ2n) is 7.72. The minimum absolute atomic E-state index is 0.367. The predicted molar refractivity (Wildman–Crippen MR) is 105 cm³/mol. The van der Waals surface area contributed by atoms with E-state index in [-0.39, 0.29) is 11.8 Å². The fourth-order valence-electron chi connectivity index (χ4n) is 4.71. The zero-order chi connectivity index (χ0) is 19.4. The molecule has 0 spiro atoms. The van der Waals surface area contributed by atoms with E-state index in [1.54, 1.807) is 12.1 Å². The van der Waals surface area contributed by atoms with Gasteiger partial charge in [-0.2, -0.15) is 0 Å². The number of aliphatic carboxylic acids is 1. The Hall–Kier alpha value is -3.21. The van der Waals surface area contributed by atoms with Gasteiger partial charge in [-0.05, 0) is 58.7 Å². The van der Waals surface area contributed by atoms with E-state index < -0.39 is 17.9 Å². The summed E-state index contributed by atoms with van der Waals surface area (Å²) in [7, 11) is 0. The largest absolute Gasteiger partial charge is 0.481 e. The Morgan fingerprint density at radius 2 is 1.36 bits per heavy atom. The highest BCUT2D eigenvalue weighted by Crippen LogP contribution is 2.36. The number of carbonyl (C=O) groups is 3. The second kappa shape index (κ2) is 6.16. The van der Waals surface area contributed by atoms with Crippen molar-refractivity contribution in [1.29, 1.82) is 0 Å². The molecule has 1 heterocycles. The molecule has 0 bridgehead atoms.